The van der Waals surface area contributed by atoms with Crippen molar-refractivity contribution in [3.8, 4) is 0 Å². The molecule has 0 radical (unpaired) electrons. The van der Waals surface area contributed by atoms with E-state index >= 15 is 0 Å². The van der Waals surface area contributed by atoms with Crippen LogP contribution < -0.4 is 5.73 Å². The highest BCUT2D eigenvalue weighted by molar-refractivity contribution is 7.89. The van der Waals surface area contributed by atoms with E-state index in [-0.39, 0.29) is 0 Å². The van der Waals surface area contributed by atoms with Gasteiger partial charge in [-0.05, 0) is 37.6 Å². The molecule has 1 rings (SSSR count). The largest absolute Gasteiger partial charge is 0.330 e. The molecule has 1 saturated heterocycles. The molecule has 1 unspecified atom stereocenters. The van der Waals surface area contributed by atoms with E-state index in [1.54, 1.807) is 4.31 Å². The van der Waals surface area contributed by atoms with Gasteiger partial charge in [-0.1, -0.05) is 13.8 Å². The first-order valence-electron chi connectivity index (χ1n) is 6.13. The fourth-order valence-corrected chi connectivity index (χ4v) is 3.88. The molecule has 4 nitrogen and oxygen atoms in total. The minimum Gasteiger partial charge on any atom is -0.330 e. The number of nitrogens with two attached hydrogens (primary N) is 1. The van der Waals surface area contributed by atoms with Gasteiger partial charge in [0.15, 0.2) is 0 Å². The summed E-state index contributed by atoms with van der Waals surface area (Å²) in [7, 11) is -3.01. The highest BCUT2D eigenvalue weighted by atomic mass is 32.2. The monoisotopic (exact) mass is 248 g/mol. The van der Waals surface area contributed by atoms with Gasteiger partial charge in [0.2, 0.25) is 10.0 Å². The normalized spacial score (nSPS) is 23.1. The third-order valence-corrected chi connectivity index (χ3v) is 5.04. The van der Waals surface area contributed by atoms with Crippen LogP contribution >= 0.6 is 0 Å². The molecule has 1 atom stereocenters. The molecular weight excluding hydrogens is 224 g/mol. The maximum absolute atomic E-state index is 12.0. The van der Waals surface area contributed by atoms with Crippen LogP contribution in [0.1, 0.15) is 33.1 Å². The summed E-state index contributed by atoms with van der Waals surface area (Å²) in [6.45, 7) is 6.13. The predicted molar refractivity (Wildman–Crippen MR) is 66.6 cm³/mol. The van der Waals surface area contributed by atoms with Gasteiger partial charge in [-0.3, -0.25) is 0 Å². The summed E-state index contributed by atoms with van der Waals surface area (Å²) in [5.74, 6) is 1.20. The van der Waals surface area contributed by atoms with Gasteiger partial charge in [-0.2, -0.15) is 0 Å². The van der Waals surface area contributed by atoms with Crippen LogP contribution in [0.15, 0.2) is 0 Å². The zero-order valence-electron chi connectivity index (χ0n) is 10.4. The lowest BCUT2D eigenvalue weighted by atomic mass is 10.1. The van der Waals surface area contributed by atoms with Crippen LogP contribution in [0, 0.1) is 11.8 Å². The van der Waals surface area contributed by atoms with Gasteiger partial charge < -0.3 is 5.73 Å². The van der Waals surface area contributed by atoms with Crippen LogP contribution in [0.4, 0.5) is 0 Å². The Balaban J connectivity index is 2.45. The summed E-state index contributed by atoms with van der Waals surface area (Å²) in [5, 5.41) is 0. The van der Waals surface area contributed by atoms with E-state index in [4.69, 9.17) is 5.73 Å². The highest BCUT2D eigenvalue weighted by Crippen LogP contribution is 2.22. The fraction of sp³-hybridized carbons (Fsp3) is 1.00. The Kier molecular flexibility index (Phi) is 5.21. The third kappa shape index (κ3) is 4.03. The smallest absolute Gasteiger partial charge is 0.214 e. The summed E-state index contributed by atoms with van der Waals surface area (Å²) >= 11 is 0. The SMILES string of the molecule is CC(C)CCS(=O)(=O)N1CCC(CCN)C1. The molecule has 0 aromatic heterocycles. The Morgan fingerprint density at radius 3 is 2.69 bits per heavy atom. The van der Waals surface area contributed by atoms with Gasteiger partial charge in [0.25, 0.3) is 0 Å². The van der Waals surface area contributed by atoms with Gasteiger partial charge in [-0.25, -0.2) is 12.7 Å². The lowest BCUT2D eigenvalue weighted by Crippen LogP contribution is -2.31. The molecule has 0 aromatic rings. The number of sulfonamides is 1. The molecule has 1 heterocycles. The third-order valence-electron chi connectivity index (χ3n) is 3.17. The Morgan fingerprint density at radius 2 is 2.12 bits per heavy atom. The molecule has 5 heteroatoms. The standard InChI is InChI=1S/C11H24N2O2S/c1-10(2)5-8-16(14,15)13-7-4-11(9-13)3-6-12/h10-11H,3-9,12H2,1-2H3. The van der Waals surface area contributed by atoms with E-state index in [1.807, 2.05) is 0 Å². The molecule has 0 amide bonds. The number of nitrogens with zero attached hydrogens (tertiary/aromatic N) is 1. The van der Waals surface area contributed by atoms with E-state index in [9.17, 15) is 8.42 Å². The minimum atomic E-state index is -3.01. The summed E-state index contributed by atoms with van der Waals surface area (Å²) in [5.41, 5.74) is 5.49. The molecule has 0 spiro atoms. The van der Waals surface area contributed by atoms with E-state index in [2.05, 4.69) is 13.8 Å². The van der Waals surface area contributed by atoms with Gasteiger partial charge in [-0.15, -0.1) is 0 Å². The van der Waals surface area contributed by atoms with Crippen LogP contribution in [-0.4, -0.2) is 38.1 Å². The Morgan fingerprint density at radius 1 is 1.44 bits per heavy atom. The van der Waals surface area contributed by atoms with Crippen molar-refractivity contribution in [3.63, 3.8) is 0 Å². The van der Waals surface area contributed by atoms with Crippen LogP contribution in [-0.2, 0) is 10.0 Å². The predicted octanol–water partition coefficient (Wildman–Crippen LogP) is 1.03. The van der Waals surface area contributed by atoms with Crippen molar-refractivity contribution in [1.29, 1.82) is 0 Å². The zero-order valence-corrected chi connectivity index (χ0v) is 11.2. The number of hydrogen-bond acceptors (Lipinski definition) is 3. The van der Waals surface area contributed by atoms with Crippen molar-refractivity contribution in [2.45, 2.75) is 33.1 Å². The lowest BCUT2D eigenvalue weighted by molar-refractivity contribution is 0.444. The molecule has 0 saturated carbocycles. The van der Waals surface area contributed by atoms with Gasteiger partial charge in [0.05, 0.1) is 5.75 Å². The maximum atomic E-state index is 12.0. The zero-order chi connectivity index (χ0) is 12.2. The van der Waals surface area contributed by atoms with Crippen LogP contribution in [0.3, 0.4) is 0 Å². The van der Waals surface area contributed by atoms with Crippen molar-refractivity contribution in [1.82, 2.24) is 4.31 Å². The van der Waals surface area contributed by atoms with E-state index < -0.39 is 10.0 Å². The van der Waals surface area contributed by atoms with Gasteiger partial charge in [0, 0.05) is 13.1 Å². The average molecular weight is 248 g/mol. The first-order valence-corrected chi connectivity index (χ1v) is 7.74. The Labute approximate surface area is 99.2 Å². The molecule has 0 aromatic carbocycles. The van der Waals surface area contributed by atoms with E-state index in [1.165, 1.54) is 0 Å². The Hall–Kier alpha value is -0.130. The average Bonchev–Trinajstić information content (AvgIpc) is 2.65. The molecule has 1 aliphatic rings. The van der Waals surface area contributed by atoms with Crippen molar-refractivity contribution in [2.75, 3.05) is 25.4 Å². The lowest BCUT2D eigenvalue weighted by Gasteiger charge is -2.17. The van der Waals surface area contributed by atoms with Gasteiger partial charge >= 0.3 is 0 Å². The summed E-state index contributed by atoms with van der Waals surface area (Å²) in [6.07, 6.45) is 2.66. The highest BCUT2D eigenvalue weighted by Gasteiger charge is 2.30. The summed E-state index contributed by atoms with van der Waals surface area (Å²) < 4.78 is 25.6. The number of hydrogen-bond donors (Lipinski definition) is 1. The molecular formula is C11H24N2O2S. The molecule has 1 fully saturated rings. The maximum Gasteiger partial charge on any atom is 0.214 e. The molecule has 2 N–H and O–H groups in total. The quantitative estimate of drug-likeness (QED) is 0.763. The van der Waals surface area contributed by atoms with E-state index in [0.29, 0.717) is 37.2 Å². The van der Waals surface area contributed by atoms with Gasteiger partial charge in [0.1, 0.15) is 0 Å². The summed E-state index contributed by atoms with van der Waals surface area (Å²) in [6, 6.07) is 0. The number of rotatable bonds is 6. The fourth-order valence-electron chi connectivity index (χ4n) is 2.03. The summed E-state index contributed by atoms with van der Waals surface area (Å²) in [4.78, 5) is 0. The second kappa shape index (κ2) is 5.98. The van der Waals surface area contributed by atoms with E-state index in [0.717, 1.165) is 19.3 Å². The van der Waals surface area contributed by atoms with Crippen molar-refractivity contribution >= 4 is 10.0 Å². The molecule has 16 heavy (non-hydrogen) atoms. The Bertz CT molecular complexity index is 301. The van der Waals surface area contributed by atoms with Crippen LogP contribution in [0.25, 0.3) is 0 Å². The molecule has 96 valence electrons. The molecule has 0 aliphatic carbocycles. The molecule has 1 aliphatic heterocycles. The topological polar surface area (TPSA) is 63.4 Å². The van der Waals surface area contributed by atoms with Crippen molar-refractivity contribution in [2.24, 2.45) is 17.6 Å². The van der Waals surface area contributed by atoms with Crippen LogP contribution in [0.2, 0.25) is 0 Å². The second-order valence-corrected chi connectivity index (χ2v) is 7.18. The molecule has 0 bridgehead atoms. The second-order valence-electron chi connectivity index (χ2n) is 5.09. The van der Waals surface area contributed by atoms with Crippen LogP contribution in [0.5, 0.6) is 0 Å². The van der Waals surface area contributed by atoms with Crippen molar-refractivity contribution in [3.05, 3.63) is 0 Å². The first kappa shape index (κ1) is 13.9. The minimum absolute atomic E-state index is 0.292. The first-order chi connectivity index (χ1) is 7.45. The van der Waals surface area contributed by atoms with Crippen molar-refractivity contribution < 1.29 is 8.42 Å².